The highest BCUT2D eigenvalue weighted by Crippen LogP contribution is 2.31. The molecule has 1 saturated heterocycles. The van der Waals surface area contributed by atoms with Crippen LogP contribution in [0.15, 0.2) is 48.5 Å². The Balaban J connectivity index is 1.20. The molecule has 0 bridgehead atoms. The van der Waals surface area contributed by atoms with Gasteiger partial charge in [-0.2, -0.15) is 0 Å². The Labute approximate surface area is 177 Å². The van der Waals surface area contributed by atoms with E-state index in [0.717, 1.165) is 39.1 Å². The van der Waals surface area contributed by atoms with Crippen LogP contribution in [0.3, 0.4) is 0 Å². The lowest BCUT2D eigenvalue weighted by atomic mass is 10.1. The normalized spacial score (nSPS) is 16.3. The maximum Gasteiger partial charge on any atom is 0.223 e. The van der Waals surface area contributed by atoms with Gasteiger partial charge in [0.2, 0.25) is 5.91 Å². The molecule has 1 fully saturated rings. The standard InChI is InChI=1S/C24H28N2O4/c27-21(20-6-8-22-23(18-20)30-17-16-29-22)7-9-24(28)26-14-12-25(13-15-26)11-10-19-4-2-1-3-5-19/h1-6,8,18H,7,9-17H2. The van der Waals surface area contributed by atoms with Crippen molar-refractivity contribution >= 4 is 11.7 Å². The first-order valence-electron chi connectivity index (χ1n) is 10.7. The fourth-order valence-corrected chi connectivity index (χ4v) is 3.89. The van der Waals surface area contributed by atoms with E-state index in [4.69, 9.17) is 9.47 Å². The zero-order chi connectivity index (χ0) is 20.8. The fraction of sp³-hybridized carbons (Fsp3) is 0.417. The molecule has 2 aromatic rings. The Morgan fingerprint density at radius 2 is 1.57 bits per heavy atom. The molecule has 158 valence electrons. The maximum atomic E-state index is 12.6. The van der Waals surface area contributed by atoms with Crippen molar-refractivity contribution in [3.05, 3.63) is 59.7 Å². The second-order valence-corrected chi connectivity index (χ2v) is 7.74. The van der Waals surface area contributed by atoms with Crippen LogP contribution in [-0.2, 0) is 11.2 Å². The summed E-state index contributed by atoms with van der Waals surface area (Å²) in [5.41, 5.74) is 1.91. The van der Waals surface area contributed by atoms with Gasteiger partial charge in [-0.25, -0.2) is 0 Å². The maximum absolute atomic E-state index is 12.6. The molecule has 6 nitrogen and oxygen atoms in total. The predicted octanol–water partition coefficient (Wildman–Crippen LogP) is 2.81. The monoisotopic (exact) mass is 408 g/mol. The lowest BCUT2D eigenvalue weighted by Gasteiger charge is -2.34. The summed E-state index contributed by atoms with van der Waals surface area (Å²) in [6.07, 6.45) is 1.49. The van der Waals surface area contributed by atoms with E-state index < -0.39 is 0 Å². The fourth-order valence-electron chi connectivity index (χ4n) is 3.89. The van der Waals surface area contributed by atoms with Crippen LogP contribution in [0.5, 0.6) is 11.5 Å². The van der Waals surface area contributed by atoms with Crippen LogP contribution in [0.4, 0.5) is 0 Å². The third-order valence-electron chi connectivity index (χ3n) is 5.71. The molecule has 0 aliphatic carbocycles. The van der Waals surface area contributed by atoms with E-state index in [-0.39, 0.29) is 24.5 Å². The zero-order valence-corrected chi connectivity index (χ0v) is 17.2. The van der Waals surface area contributed by atoms with Gasteiger partial charge in [0.05, 0.1) is 0 Å². The van der Waals surface area contributed by atoms with Gasteiger partial charge in [-0.3, -0.25) is 14.5 Å². The second-order valence-electron chi connectivity index (χ2n) is 7.74. The molecule has 2 heterocycles. The van der Waals surface area contributed by atoms with E-state index in [1.807, 2.05) is 11.0 Å². The van der Waals surface area contributed by atoms with Crippen molar-refractivity contribution in [1.29, 1.82) is 0 Å². The van der Waals surface area contributed by atoms with Crippen LogP contribution >= 0.6 is 0 Å². The molecule has 2 aliphatic heterocycles. The van der Waals surface area contributed by atoms with Crippen molar-refractivity contribution in [2.75, 3.05) is 45.9 Å². The van der Waals surface area contributed by atoms with Gasteiger partial charge < -0.3 is 14.4 Å². The van der Waals surface area contributed by atoms with E-state index in [1.165, 1.54) is 5.56 Å². The number of fused-ring (bicyclic) bond motifs is 1. The first-order chi connectivity index (χ1) is 14.7. The van der Waals surface area contributed by atoms with Crippen molar-refractivity contribution in [2.45, 2.75) is 19.3 Å². The highest BCUT2D eigenvalue weighted by Gasteiger charge is 2.22. The number of hydrogen-bond acceptors (Lipinski definition) is 5. The summed E-state index contributed by atoms with van der Waals surface area (Å²) in [6, 6.07) is 15.7. The Bertz CT molecular complexity index is 876. The molecule has 2 aromatic carbocycles. The number of rotatable bonds is 7. The molecule has 1 amide bonds. The molecule has 30 heavy (non-hydrogen) atoms. The van der Waals surface area contributed by atoms with Gasteiger partial charge in [0.15, 0.2) is 17.3 Å². The Kier molecular flexibility index (Phi) is 6.64. The number of nitrogens with zero attached hydrogens (tertiary/aromatic N) is 2. The zero-order valence-electron chi connectivity index (χ0n) is 17.2. The first kappa shape index (κ1) is 20.4. The number of hydrogen-bond donors (Lipinski definition) is 0. The molecule has 0 radical (unpaired) electrons. The lowest BCUT2D eigenvalue weighted by Crippen LogP contribution is -2.49. The first-order valence-corrected chi connectivity index (χ1v) is 10.7. The summed E-state index contributed by atoms with van der Waals surface area (Å²) in [7, 11) is 0. The number of amides is 1. The van der Waals surface area contributed by atoms with E-state index >= 15 is 0 Å². The van der Waals surface area contributed by atoms with Crippen molar-refractivity contribution in [2.24, 2.45) is 0 Å². The Morgan fingerprint density at radius 3 is 2.33 bits per heavy atom. The quantitative estimate of drug-likeness (QED) is 0.660. The van der Waals surface area contributed by atoms with Gasteiger partial charge in [-0.05, 0) is 30.2 Å². The largest absolute Gasteiger partial charge is 0.486 e. The highest BCUT2D eigenvalue weighted by atomic mass is 16.6. The predicted molar refractivity (Wildman–Crippen MR) is 114 cm³/mol. The number of ketones is 1. The van der Waals surface area contributed by atoms with Gasteiger partial charge >= 0.3 is 0 Å². The molecule has 0 atom stereocenters. The van der Waals surface area contributed by atoms with Crippen molar-refractivity contribution in [3.63, 3.8) is 0 Å². The summed E-state index contributed by atoms with van der Waals surface area (Å²) >= 11 is 0. The van der Waals surface area contributed by atoms with Crippen molar-refractivity contribution in [3.8, 4) is 11.5 Å². The molecule has 0 aromatic heterocycles. The minimum atomic E-state index is -0.0400. The van der Waals surface area contributed by atoms with Gasteiger partial charge in [0, 0.05) is 51.1 Å². The minimum absolute atomic E-state index is 0.0400. The summed E-state index contributed by atoms with van der Waals surface area (Å²) in [4.78, 5) is 29.4. The third kappa shape index (κ3) is 5.19. The van der Waals surface area contributed by atoms with Gasteiger partial charge in [-0.1, -0.05) is 30.3 Å². The van der Waals surface area contributed by atoms with Gasteiger partial charge in [0.1, 0.15) is 13.2 Å². The van der Waals surface area contributed by atoms with Crippen LogP contribution in [0, 0.1) is 0 Å². The summed E-state index contributed by atoms with van der Waals surface area (Å²) in [5.74, 6) is 1.29. The van der Waals surface area contributed by atoms with Crippen LogP contribution in [0.25, 0.3) is 0 Å². The average Bonchev–Trinajstić information content (AvgIpc) is 2.81. The molecule has 0 spiro atoms. The average molecular weight is 408 g/mol. The molecule has 2 aliphatic rings. The SMILES string of the molecule is O=C(CCC(=O)N1CCN(CCc2ccccc2)CC1)c1ccc2c(c1)OCCO2. The Hall–Kier alpha value is -2.86. The number of carbonyl (C=O) groups is 2. The second kappa shape index (κ2) is 9.76. The van der Waals surface area contributed by atoms with Crippen LogP contribution < -0.4 is 9.47 Å². The molecule has 0 unspecified atom stereocenters. The molecule has 0 saturated carbocycles. The molecule has 6 heteroatoms. The van der Waals surface area contributed by atoms with E-state index in [0.29, 0.717) is 30.3 Å². The Morgan fingerprint density at radius 1 is 0.833 bits per heavy atom. The van der Waals surface area contributed by atoms with Crippen LogP contribution in [-0.4, -0.2) is 67.4 Å². The summed E-state index contributed by atoms with van der Waals surface area (Å²) in [6.45, 7) is 5.24. The smallest absolute Gasteiger partial charge is 0.223 e. The topological polar surface area (TPSA) is 59.1 Å². The minimum Gasteiger partial charge on any atom is -0.486 e. The van der Waals surface area contributed by atoms with Crippen LogP contribution in [0.2, 0.25) is 0 Å². The number of ether oxygens (including phenoxy) is 2. The number of benzene rings is 2. The van der Waals surface area contributed by atoms with E-state index in [9.17, 15) is 9.59 Å². The third-order valence-corrected chi connectivity index (χ3v) is 5.71. The summed E-state index contributed by atoms with van der Waals surface area (Å²) < 4.78 is 11.0. The number of carbonyl (C=O) groups excluding carboxylic acids is 2. The molecular formula is C24H28N2O4. The van der Waals surface area contributed by atoms with Gasteiger partial charge in [-0.15, -0.1) is 0 Å². The molecule has 0 N–H and O–H groups in total. The molecular weight excluding hydrogens is 380 g/mol. The highest BCUT2D eigenvalue weighted by molar-refractivity contribution is 5.98. The lowest BCUT2D eigenvalue weighted by molar-refractivity contribution is -0.132. The van der Waals surface area contributed by atoms with E-state index in [1.54, 1.807) is 18.2 Å². The number of Topliss-reactive ketones (excluding diaryl/α,β-unsaturated/α-hetero) is 1. The van der Waals surface area contributed by atoms with Crippen LogP contribution in [0.1, 0.15) is 28.8 Å². The van der Waals surface area contributed by atoms with E-state index in [2.05, 4.69) is 29.2 Å². The van der Waals surface area contributed by atoms with Crippen molar-refractivity contribution < 1.29 is 19.1 Å². The number of piperazine rings is 1. The van der Waals surface area contributed by atoms with Crippen molar-refractivity contribution in [1.82, 2.24) is 9.80 Å². The van der Waals surface area contributed by atoms with Gasteiger partial charge in [0.25, 0.3) is 0 Å². The molecule has 4 rings (SSSR count). The summed E-state index contributed by atoms with van der Waals surface area (Å²) in [5, 5.41) is 0.